The van der Waals surface area contributed by atoms with Gasteiger partial charge in [0.1, 0.15) is 12.4 Å². The Hall–Kier alpha value is -2.21. The second kappa shape index (κ2) is 7.17. The maximum atomic E-state index is 11.8. The summed E-state index contributed by atoms with van der Waals surface area (Å²) in [7, 11) is 1.98. The minimum atomic E-state index is 0.0409. The number of nitrogens with zero attached hydrogens (tertiary/aromatic N) is 1. The molecule has 0 aliphatic heterocycles. The second-order valence-corrected chi connectivity index (χ2v) is 6.43. The van der Waals surface area contributed by atoms with Crippen molar-refractivity contribution >= 4 is 5.78 Å². The van der Waals surface area contributed by atoms with Gasteiger partial charge < -0.3 is 9.64 Å². The van der Waals surface area contributed by atoms with Gasteiger partial charge in [-0.3, -0.25) is 4.79 Å². The lowest BCUT2D eigenvalue weighted by Crippen LogP contribution is -2.29. The van der Waals surface area contributed by atoms with E-state index in [0.717, 1.165) is 17.9 Å². The maximum absolute atomic E-state index is 11.8. The Morgan fingerprint density at radius 3 is 2.59 bits per heavy atom. The molecule has 0 N–H and O–H groups in total. The van der Waals surface area contributed by atoms with Crippen molar-refractivity contribution in [2.45, 2.75) is 26.7 Å². The highest BCUT2D eigenvalue weighted by Gasteiger charge is 2.28. The normalized spacial score (nSPS) is 16.3. The molecule has 1 aromatic carbocycles. The number of allylic oxidation sites excluding steroid dienone is 2. The zero-order valence-corrected chi connectivity index (χ0v) is 13.6. The lowest BCUT2D eigenvalue weighted by molar-refractivity contribution is -0.117. The van der Waals surface area contributed by atoms with Crippen LogP contribution >= 0.6 is 0 Å². The number of carbonyl (C=O) groups excluding carboxylic acids is 1. The van der Waals surface area contributed by atoms with Gasteiger partial charge in [-0.25, -0.2) is 0 Å². The third-order valence-electron chi connectivity index (χ3n) is 3.63. The molecule has 0 bridgehead atoms. The van der Waals surface area contributed by atoms with Crippen LogP contribution in [-0.2, 0) is 4.79 Å². The first-order chi connectivity index (χ1) is 10.5. The Morgan fingerprint density at radius 2 is 1.91 bits per heavy atom. The summed E-state index contributed by atoms with van der Waals surface area (Å²) >= 11 is 0. The summed E-state index contributed by atoms with van der Waals surface area (Å²) in [4.78, 5) is 13.8. The summed E-state index contributed by atoms with van der Waals surface area (Å²) in [6.45, 7) is 5.24. The first-order valence-electron chi connectivity index (χ1n) is 7.54. The molecule has 0 fully saturated rings. The molecule has 0 aromatic heterocycles. The molecule has 0 spiro atoms. The van der Waals surface area contributed by atoms with Gasteiger partial charge in [0.05, 0.1) is 6.54 Å². The summed E-state index contributed by atoms with van der Waals surface area (Å²) in [5, 5.41) is 0. The van der Waals surface area contributed by atoms with E-state index >= 15 is 0 Å². The average molecular weight is 297 g/mol. The monoisotopic (exact) mass is 297 g/mol. The minimum absolute atomic E-state index is 0.0409. The van der Waals surface area contributed by atoms with Crippen molar-refractivity contribution in [1.29, 1.82) is 0 Å². The number of rotatable bonds is 4. The molecule has 0 saturated carbocycles. The van der Waals surface area contributed by atoms with Gasteiger partial charge in [-0.05, 0) is 24.0 Å². The predicted molar refractivity (Wildman–Crippen MR) is 88.4 cm³/mol. The van der Waals surface area contributed by atoms with Crippen LogP contribution < -0.4 is 4.74 Å². The fraction of sp³-hybridized carbons (Fsp3) is 0.421. The maximum Gasteiger partial charge on any atom is 0.157 e. The lowest BCUT2D eigenvalue weighted by atomic mass is 9.78. The molecule has 0 unspecified atom stereocenters. The van der Waals surface area contributed by atoms with Crippen molar-refractivity contribution in [2.24, 2.45) is 5.41 Å². The zero-order chi connectivity index (χ0) is 16.0. The van der Waals surface area contributed by atoms with Crippen molar-refractivity contribution in [1.82, 2.24) is 4.90 Å². The Bertz CT molecular complexity index is 605. The summed E-state index contributed by atoms with van der Waals surface area (Å²) in [5.74, 6) is 7.14. The molecule has 2 rings (SSSR count). The molecular formula is C19H23NO2. The minimum Gasteiger partial charge on any atom is -0.481 e. The molecule has 3 heteroatoms. The molecule has 3 nitrogen and oxygen atoms in total. The highest BCUT2D eigenvalue weighted by atomic mass is 16.5. The average Bonchev–Trinajstić information content (AvgIpc) is 2.45. The van der Waals surface area contributed by atoms with Crippen molar-refractivity contribution in [3.8, 4) is 17.6 Å². The standard InChI is InChI=1S/C19H23NO2/c1-19(2)14-16(13-17(21)15-19)20(3)11-7-8-12-22-18-9-5-4-6-10-18/h4-6,9-10,13H,11-12,14-15H2,1-3H3. The zero-order valence-electron chi connectivity index (χ0n) is 13.6. The molecule has 1 aromatic rings. The molecule has 1 aliphatic carbocycles. The molecule has 1 aliphatic rings. The SMILES string of the molecule is CN(CC#CCOc1ccccc1)C1=CC(=O)CC(C)(C)C1. The summed E-state index contributed by atoms with van der Waals surface area (Å²) in [6.07, 6.45) is 3.30. The number of para-hydroxylation sites is 1. The molecule has 22 heavy (non-hydrogen) atoms. The number of carbonyl (C=O) groups is 1. The molecule has 0 amide bonds. The molecule has 0 heterocycles. The van der Waals surface area contributed by atoms with Crippen molar-refractivity contribution in [3.63, 3.8) is 0 Å². The lowest BCUT2D eigenvalue weighted by Gasteiger charge is -2.32. The van der Waals surface area contributed by atoms with Crippen LogP contribution in [0.2, 0.25) is 0 Å². The molecular weight excluding hydrogens is 274 g/mol. The fourth-order valence-corrected chi connectivity index (χ4v) is 2.52. The Morgan fingerprint density at radius 1 is 1.18 bits per heavy atom. The van der Waals surface area contributed by atoms with Crippen LogP contribution in [0.1, 0.15) is 26.7 Å². The molecule has 116 valence electrons. The van der Waals surface area contributed by atoms with Gasteiger partial charge in [0, 0.05) is 25.2 Å². The van der Waals surface area contributed by atoms with E-state index in [0.29, 0.717) is 19.6 Å². The highest BCUT2D eigenvalue weighted by molar-refractivity contribution is 5.91. The molecule has 0 atom stereocenters. The Kier molecular flexibility index (Phi) is 5.27. The van der Waals surface area contributed by atoms with Gasteiger partial charge in [0.15, 0.2) is 5.78 Å². The first kappa shape index (κ1) is 16.2. The number of hydrogen-bond donors (Lipinski definition) is 0. The van der Waals surface area contributed by atoms with Crippen LogP contribution in [0.15, 0.2) is 42.1 Å². The van der Waals surface area contributed by atoms with E-state index < -0.39 is 0 Å². The van der Waals surface area contributed by atoms with Crippen molar-refractivity contribution < 1.29 is 9.53 Å². The Balaban J connectivity index is 1.82. The van der Waals surface area contributed by atoms with Gasteiger partial charge >= 0.3 is 0 Å². The number of hydrogen-bond acceptors (Lipinski definition) is 3. The summed E-state index contributed by atoms with van der Waals surface area (Å²) in [6, 6.07) is 9.65. The number of ether oxygens (including phenoxy) is 1. The van der Waals surface area contributed by atoms with Gasteiger partial charge in [-0.2, -0.15) is 0 Å². The molecule has 0 radical (unpaired) electrons. The van der Waals surface area contributed by atoms with E-state index in [1.807, 2.05) is 42.3 Å². The van der Waals surface area contributed by atoms with Crippen LogP contribution in [-0.4, -0.2) is 30.9 Å². The number of benzene rings is 1. The first-order valence-corrected chi connectivity index (χ1v) is 7.54. The van der Waals surface area contributed by atoms with E-state index in [1.54, 1.807) is 6.08 Å². The van der Waals surface area contributed by atoms with E-state index in [1.165, 1.54) is 0 Å². The number of ketones is 1. The van der Waals surface area contributed by atoms with Crippen LogP contribution in [0, 0.1) is 17.3 Å². The van der Waals surface area contributed by atoms with Crippen molar-refractivity contribution in [3.05, 3.63) is 42.1 Å². The van der Waals surface area contributed by atoms with Gasteiger partial charge in [-0.1, -0.05) is 43.9 Å². The van der Waals surface area contributed by atoms with Crippen molar-refractivity contribution in [2.75, 3.05) is 20.2 Å². The van der Waals surface area contributed by atoms with Gasteiger partial charge in [0.2, 0.25) is 0 Å². The Labute approximate surface area is 133 Å². The predicted octanol–water partition coefficient (Wildman–Crippen LogP) is 3.27. The van der Waals surface area contributed by atoms with E-state index in [2.05, 4.69) is 25.7 Å². The quantitative estimate of drug-likeness (QED) is 0.799. The van der Waals surface area contributed by atoms with Gasteiger partial charge in [-0.15, -0.1) is 0 Å². The smallest absolute Gasteiger partial charge is 0.157 e. The third kappa shape index (κ3) is 4.96. The highest BCUT2D eigenvalue weighted by Crippen LogP contribution is 2.34. The van der Waals surface area contributed by atoms with E-state index in [4.69, 9.17) is 4.74 Å². The fourth-order valence-electron chi connectivity index (χ4n) is 2.52. The van der Waals surface area contributed by atoms with Crippen LogP contribution in [0.5, 0.6) is 5.75 Å². The van der Waals surface area contributed by atoms with Crippen LogP contribution in [0.3, 0.4) is 0 Å². The topological polar surface area (TPSA) is 29.5 Å². The van der Waals surface area contributed by atoms with Gasteiger partial charge in [0.25, 0.3) is 0 Å². The van der Waals surface area contributed by atoms with Crippen LogP contribution in [0.25, 0.3) is 0 Å². The third-order valence-corrected chi connectivity index (χ3v) is 3.63. The summed E-state index contributed by atoms with van der Waals surface area (Å²) < 4.78 is 5.52. The largest absolute Gasteiger partial charge is 0.481 e. The van der Waals surface area contributed by atoms with E-state index in [-0.39, 0.29) is 11.2 Å². The second-order valence-electron chi connectivity index (χ2n) is 6.43. The summed E-state index contributed by atoms with van der Waals surface area (Å²) in [5.41, 5.74) is 1.11. The van der Waals surface area contributed by atoms with Crippen LogP contribution in [0.4, 0.5) is 0 Å². The van der Waals surface area contributed by atoms with E-state index in [9.17, 15) is 4.79 Å². The molecule has 0 saturated heterocycles.